The van der Waals surface area contributed by atoms with Crippen LogP contribution in [-0.2, 0) is 16.1 Å². The number of halogens is 1. The lowest BCUT2D eigenvalue weighted by Gasteiger charge is -2.45. The zero-order valence-electron chi connectivity index (χ0n) is 17.8. The van der Waals surface area contributed by atoms with Gasteiger partial charge in [-0.1, -0.05) is 47.9 Å². The molecule has 0 heterocycles. The molecule has 4 atom stereocenters. The number of rotatable bonds is 4. The van der Waals surface area contributed by atoms with E-state index in [2.05, 4.69) is 30.3 Å². The number of carbonyl (C=O) groups is 1. The van der Waals surface area contributed by atoms with Crippen LogP contribution in [0.1, 0.15) is 37.3 Å². The van der Waals surface area contributed by atoms with E-state index < -0.39 is 0 Å². The Morgan fingerprint density at radius 1 is 1.10 bits per heavy atom. The highest BCUT2D eigenvalue weighted by atomic mass is 35.5. The minimum absolute atomic E-state index is 0.0589. The summed E-state index contributed by atoms with van der Waals surface area (Å²) in [5.41, 5.74) is 5.47. The molecule has 4 aliphatic rings. The summed E-state index contributed by atoms with van der Waals surface area (Å²) in [6, 6.07) is 13.9. The fraction of sp³-hybridized carbons (Fsp3) is 0.385. The predicted octanol–water partition coefficient (Wildman–Crippen LogP) is 6.09. The molecular formula is C26H26ClNO3. The molecule has 2 bridgehead atoms. The summed E-state index contributed by atoms with van der Waals surface area (Å²) in [7, 11) is 1.56. The minimum Gasteiger partial charge on any atom is -0.511 e. The van der Waals surface area contributed by atoms with Crippen molar-refractivity contribution in [2.75, 3.05) is 7.11 Å². The normalized spacial score (nSPS) is 28.4. The quantitative estimate of drug-likeness (QED) is 0.591. The molecule has 0 amide bonds. The van der Waals surface area contributed by atoms with Gasteiger partial charge >= 0.3 is 0 Å². The summed E-state index contributed by atoms with van der Waals surface area (Å²) in [5, 5.41) is 16.3. The molecule has 6 rings (SSSR count). The van der Waals surface area contributed by atoms with Crippen molar-refractivity contribution in [3.63, 3.8) is 0 Å². The van der Waals surface area contributed by atoms with Crippen LogP contribution in [0.2, 0.25) is 5.02 Å². The number of Topliss-reactive ketones (excluding diaryl/α,β-unsaturated/α-hetero) is 1. The molecule has 0 saturated heterocycles. The third-order valence-corrected chi connectivity index (χ3v) is 7.60. The highest BCUT2D eigenvalue weighted by Gasteiger charge is 2.57. The van der Waals surface area contributed by atoms with Crippen molar-refractivity contribution >= 4 is 28.7 Å². The number of fused-ring (bicyclic) bond motifs is 2. The van der Waals surface area contributed by atoms with Crippen LogP contribution in [-0.4, -0.2) is 23.7 Å². The number of hydrogen-bond donors (Lipinski definition) is 1. The Kier molecular flexibility index (Phi) is 5.13. The first kappa shape index (κ1) is 20.3. The zero-order valence-corrected chi connectivity index (χ0v) is 18.5. The van der Waals surface area contributed by atoms with Gasteiger partial charge in [0.1, 0.15) is 12.9 Å². The number of hydrogen-bond acceptors (Lipinski definition) is 4. The fourth-order valence-corrected chi connectivity index (χ4v) is 6.08. The Morgan fingerprint density at radius 3 is 2.55 bits per heavy atom. The number of ketones is 1. The summed E-state index contributed by atoms with van der Waals surface area (Å²) in [6.07, 6.45) is 3.55. The second-order valence-electron chi connectivity index (χ2n) is 8.82. The summed E-state index contributed by atoms with van der Waals surface area (Å²) in [6.45, 7) is 2.08. The average molecular weight is 436 g/mol. The van der Waals surface area contributed by atoms with Gasteiger partial charge in [0.15, 0.2) is 5.78 Å². The molecule has 3 fully saturated rings. The Balaban J connectivity index is 1.60. The van der Waals surface area contributed by atoms with Crippen LogP contribution in [0.15, 0.2) is 53.4 Å². The lowest BCUT2D eigenvalue weighted by Crippen LogP contribution is -2.46. The molecule has 2 aromatic carbocycles. The Labute approximate surface area is 187 Å². The van der Waals surface area contributed by atoms with Crippen molar-refractivity contribution in [2.24, 2.45) is 28.8 Å². The highest BCUT2D eigenvalue weighted by molar-refractivity contribution is 6.30. The van der Waals surface area contributed by atoms with Crippen LogP contribution in [0.3, 0.4) is 0 Å². The second kappa shape index (κ2) is 7.83. The largest absolute Gasteiger partial charge is 0.511 e. The number of benzene rings is 2. The van der Waals surface area contributed by atoms with Crippen molar-refractivity contribution in [3.05, 3.63) is 64.4 Å². The van der Waals surface area contributed by atoms with Gasteiger partial charge in [-0.15, -0.1) is 0 Å². The molecule has 2 aromatic rings. The number of allylic oxidation sites excluding steroid dienone is 2. The number of oxime groups is 1. The molecule has 4 nitrogen and oxygen atoms in total. The van der Waals surface area contributed by atoms with Crippen molar-refractivity contribution in [1.29, 1.82) is 0 Å². The van der Waals surface area contributed by atoms with Crippen molar-refractivity contribution in [2.45, 2.75) is 32.6 Å². The number of nitrogens with zero attached hydrogens (tertiary/aromatic N) is 1. The monoisotopic (exact) mass is 435 g/mol. The van der Waals surface area contributed by atoms with Gasteiger partial charge in [-0.25, -0.2) is 0 Å². The van der Waals surface area contributed by atoms with E-state index >= 15 is 0 Å². The van der Waals surface area contributed by atoms with E-state index in [1.165, 1.54) is 0 Å². The number of aliphatic hydroxyl groups excluding tert-OH is 1. The van der Waals surface area contributed by atoms with Crippen molar-refractivity contribution < 1.29 is 14.7 Å². The van der Waals surface area contributed by atoms with Gasteiger partial charge in [-0.05, 0) is 72.1 Å². The van der Waals surface area contributed by atoms with Crippen LogP contribution in [0.25, 0.3) is 16.7 Å². The van der Waals surface area contributed by atoms with Gasteiger partial charge in [0, 0.05) is 22.8 Å². The second-order valence-corrected chi connectivity index (χ2v) is 9.26. The maximum absolute atomic E-state index is 13.7. The molecule has 0 unspecified atom stereocenters. The first-order valence-electron chi connectivity index (χ1n) is 11.0. The van der Waals surface area contributed by atoms with Crippen LogP contribution in [0, 0.1) is 23.7 Å². The van der Waals surface area contributed by atoms with Gasteiger partial charge in [-0.3, -0.25) is 4.79 Å². The third-order valence-electron chi connectivity index (χ3n) is 7.34. The van der Waals surface area contributed by atoms with Gasteiger partial charge in [0.25, 0.3) is 0 Å². The SMILES string of the molecule is CCc1ccc(-c2ccc(Cl)cc2)cc1C1=C(O)[C@H]2[C@@H]3CC[C@@H](C(=NOC)C3)[C@H]2C1=O. The summed E-state index contributed by atoms with van der Waals surface area (Å²) < 4.78 is 0. The van der Waals surface area contributed by atoms with Gasteiger partial charge in [-0.2, -0.15) is 0 Å². The summed E-state index contributed by atoms with van der Waals surface area (Å²) >= 11 is 6.05. The first-order chi connectivity index (χ1) is 15.0. The van der Waals surface area contributed by atoms with E-state index in [9.17, 15) is 9.90 Å². The van der Waals surface area contributed by atoms with E-state index in [0.717, 1.165) is 53.6 Å². The topological polar surface area (TPSA) is 58.9 Å². The number of carbonyl (C=O) groups excluding carboxylic acids is 1. The van der Waals surface area contributed by atoms with Crippen LogP contribution >= 0.6 is 11.6 Å². The number of aryl methyl sites for hydroxylation is 1. The fourth-order valence-electron chi connectivity index (χ4n) is 5.95. The van der Waals surface area contributed by atoms with E-state index in [1.54, 1.807) is 7.11 Å². The molecule has 1 N–H and O–H groups in total. The molecule has 5 heteroatoms. The van der Waals surface area contributed by atoms with Gasteiger partial charge < -0.3 is 9.94 Å². The van der Waals surface area contributed by atoms with Crippen molar-refractivity contribution in [1.82, 2.24) is 0 Å². The van der Waals surface area contributed by atoms with E-state index in [0.29, 0.717) is 10.6 Å². The Hall–Kier alpha value is -2.59. The van der Waals surface area contributed by atoms with E-state index in [-0.39, 0.29) is 35.2 Å². The van der Waals surface area contributed by atoms with Crippen molar-refractivity contribution in [3.8, 4) is 11.1 Å². The zero-order chi connectivity index (χ0) is 21.7. The summed E-state index contributed by atoms with van der Waals surface area (Å²) in [4.78, 5) is 18.8. The molecule has 0 aromatic heterocycles. The Bertz CT molecular complexity index is 1100. The molecule has 31 heavy (non-hydrogen) atoms. The first-order valence-corrected chi connectivity index (χ1v) is 11.4. The van der Waals surface area contributed by atoms with Gasteiger partial charge in [0.2, 0.25) is 0 Å². The highest BCUT2D eigenvalue weighted by Crippen LogP contribution is 2.56. The average Bonchev–Trinajstić information content (AvgIpc) is 3.06. The molecule has 160 valence electrons. The third kappa shape index (κ3) is 3.20. The van der Waals surface area contributed by atoms with Crippen LogP contribution < -0.4 is 0 Å². The minimum atomic E-state index is -0.222. The van der Waals surface area contributed by atoms with E-state index in [1.807, 2.05) is 24.3 Å². The summed E-state index contributed by atoms with van der Waals surface area (Å²) in [5.74, 6) is 0.329. The predicted molar refractivity (Wildman–Crippen MR) is 123 cm³/mol. The van der Waals surface area contributed by atoms with Crippen LogP contribution in [0.4, 0.5) is 0 Å². The smallest absolute Gasteiger partial charge is 0.171 e. The Morgan fingerprint density at radius 2 is 1.84 bits per heavy atom. The lowest BCUT2D eigenvalue weighted by atomic mass is 9.58. The standard InChI is InChI=1S/C26H26ClNO3/c1-3-14-4-5-16(15-6-9-18(27)10-7-15)12-20(14)24-25(29)22-17-8-11-19(23(22)26(24)30)21(13-17)28-31-2/h4-7,9-10,12,17,19,22-23,29H,3,8,11,13H2,1-2H3/t17-,19+,22+,23-/m1/s1. The molecule has 0 aliphatic heterocycles. The number of aliphatic hydroxyl groups is 1. The maximum Gasteiger partial charge on any atom is 0.171 e. The molecule has 4 aliphatic carbocycles. The van der Waals surface area contributed by atoms with Crippen LogP contribution in [0.5, 0.6) is 0 Å². The lowest BCUT2D eigenvalue weighted by molar-refractivity contribution is -0.120. The molecule has 3 saturated carbocycles. The van der Waals surface area contributed by atoms with Gasteiger partial charge in [0.05, 0.1) is 11.3 Å². The van der Waals surface area contributed by atoms with E-state index in [4.69, 9.17) is 16.4 Å². The molecular weight excluding hydrogens is 410 g/mol. The molecule has 0 radical (unpaired) electrons. The maximum atomic E-state index is 13.7. The molecule has 0 spiro atoms.